The molecule has 1 aromatic carbocycles. The fraction of sp³-hybridized carbons (Fsp3) is 0.520. The predicted molar refractivity (Wildman–Crippen MR) is 142 cm³/mol. The molecule has 5 rings (SSSR count). The van der Waals surface area contributed by atoms with Crippen molar-refractivity contribution >= 4 is 44.3 Å². The van der Waals surface area contributed by atoms with Crippen LogP contribution in [-0.2, 0) is 35.5 Å². The Hall–Kier alpha value is -2.87. The highest BCUT2D eigenvalue weighted by atomic mass is 32.2. The Bertz CT molecular complexity index is 1270. The average Bonchev–Trinajstić information content (AvgIpc) is 3.57. The number of oxime groups is 1. The zero-order chi connectivity index (χ0) is 26.5. The maximum atomic E-state index is 13.3. The van der Waals surface area contributed by atoms with Gasteiger partial charge in [0.05, 0.1) is 23.4 Å². The molecule has 2 amide bonds. The third-order valence-corrected chi connectivity index (χ3v) is 9.92. The van der Waals surface area contributed by atoms with E-state index in [1.807, 2.05) is 0 Å². The topological polar surface area (TPSA) is 130 Å². The van der Waals surface area contributed by atoms with E-state index in [2.05, 4.69) is 20.4 Å². The van der Waals surface area contributed by atoms with Gasteiger partial charge in [0.15, 0.2) is 26.8 Å². The van der Waals surface area contributed by atoms with Crippen LogP contribution in [0.5, 0.6) is 0 Å². The van der Waals surface area contributed by atoms with E-state index in [1.165, 1.54) is 23.5 Å². The Balaban J connectivity index is 1.28. The van der Waals surface area contributed by atoms with Gasteiger partial charge in [0.25, 0.3) is 5.91 Å². The van der Waals surface area contributed by atoms with Crippen LogP contribution in [0.4, 0.5) is 5.13 Å². The third kappa shape index (κ3) is 6.57. The van der Waals surface area contributed by atoms with Gasteiger partial charge in [0.2, 0.25) is 6.41 Å². The number of hydrogen-bond acceptors (Lipinski definition) is 10. The van der Waals surface area contributed by atoms with Crippen LogP contribution >= 0.6 is 11.3 Å². The first kappa shape index (κ1) is 26.7. The number of benzene rings is 1. The molecule has 0 radical (unpaired) electrons. The molecule has 13 heteroatoms. The van der Waals surface area contributed by atoms with Crippen LogP contribution in [-0.4, -0.2) is 92.0 Å². The molecule has 2 aromatic rings. The van der Waals surface area contributed by atoms with Crippen molar-refractivity contribution in [1.82, 2.24) is 14.8 Å². The van der Waals surface area contributed by atoms with E-state index in [1.54, 1.807) is 23.2 Å². The normalized spacial score (nSPS) is 21.2. The standard InChI is InChI=1S/C25H31N5O6S2/c31-17-30-10-1-9-29(11-12-30)15-20-14-26-25(37-20)27-24(32)23(28-36-19-8-13-35-16-19)18-2-4-21(5-3-18)38(33,34)22-6-7-22/h2-5,14,17,19,22H,1,6-13,15-16H2,(H,26,27,32)/t19-/m1/s1. The van der Waals surface area contributed by atoms with Crippen LogP contribution in [0.1, 0.15) is 36.1 Å². The first-order valence-corrected chi connectivity index (χ1v) is 15.1. The molecule has 3 fully saturated rings. The molecule has 1 aliphatic carbocycles. The Kier molecular flexibility index (Phi) is 8.36. The van der Waals surface area contributed by atoms with Crippen LogP contribution in [0.15, 0.2) is 40.5 Å². The number of carbonyl (C=O) groups excluding carboxylic acids is 2. The molecule has 1 atom stereocenters. The highest BCUT2D eigenvalue weighted by molar-refractivity contribution is 7.92. The zero-order valence-electron chi connectivity index (χ0n) is 21.0. The molecule has 0 unspecified atom stereocenters. The van der Waals surface area contributed by atoms with Crippen molar-refractivity contribution in [2.45, 2.75) is 48.5 Å². The molecule has 0 spiro atoms. The minimum absolute atomic E-state index is 0.0329. The number of hydrogen-bond donors (Lipinski definition) is 1. The van der Waals surface area contributed by atoms with Gasteiger partial charge < -0.3 is 14.5 Å². The first-order valence-electron chi connectivity index (χ1n) is 12.8. The summed E-state index contributed by atoms with van der Waals surface area (Å²) in [6, 6.07) is 6.19. The molecule has 11 nitrogen and oxygen atoms in total. The number of aromatic nitrogens is 1. The number of thiazole rings is 1. The first-order chi connectivity index (χ1) is 18.4. The Morgan fingerprint density at radius 1 is 1.18 bits per heavy atom. The van der Waals surface area contributed by atoms with Gasteiger partial charge in [-0.2, -0.15) is 0 Å². The van der Waals surface area contributed by atoms with Gasteiger partial charge in [0, 0.05) is 55.8 Å². The summed E-state index contributed by atoms with van der Waals surface area (Å²) < 4.78 is 30.5. The maximum absolute atomic E-state index is 13.3. The van der Waals surface area contributed by atoms with Gasteiger partial charge in [0.1, 0.15) is 0 Å². The molecule has 3 aliphatic rings. The molecular formula is C25H31N5O6S2. The Labute approximate surface area is 225 Å². The second kappa shape index (κ2) is 11.9. The van der Waals surface area contributed by atoms with E-state index in [0.29, 0.717) is 56.3 Å². The molecule has 204 valence electrons. The number of carbonyl (C=O) groups is 2. The number of rotatable bonds is 10. The summed E-state index contributed by atoms with van der Waals surface area (Å²) >= 11 is 1.38. The average molecular weight is 562 g/mol. The molecule has 1 N–H and O–H groups in total. The lowest BCUT2D eigenvalue weighted by Gasteiger charge is -2.18. The Morgan fingerprint density at radius 3 is 2.71 bits per heavy atom. The fourth-order valence-electron chi connectivity index (χ4n) is 4.39. The quantitative estimate of drug-likeness (QED) is 0.264. The molecular weight excluding hydrogens is 530 g/mol. The minimum atomic E-state index is -3.34. The molecule has 1 aromatic heterocycles. The lowest BCUT2D eigenvalue weighted by molar-refractivity contribution is -0.118. The van der Waals surface area contributed by atoms with Crippen LogP contribution in [0.3, 0.4) is 0 Å². The van der Waals surface area contributed by atoms with E-state index in [4.69, 9.17) is 9.57 Å². The number of ether oxygens (including phenoxy) is 1. The van der Waals surface area contributed by atoms with Gasteiger partial charge in [-0.05, 0) is 31.4 Å². The van der Waals surface area contributed by atoms with Gasteiger partial charge in [-0.3, -0.25) is 19.8 Å². The predicted octanol–water partition coefficient (Wildman–Crippen LogP) is 1.89. The monoisotopic (exact) mass is 561 g/mol. The summed E-state index contributed by atoms with van der Waals surface area (Å²) in [5, 5.41) is 7.08. The van der Waals surface area contributed by atoms with Gasteiger partial charge >= 0.3 is 0 Å². The van der Waals surface area contributed by atoms with Gasteiger partial charge in [-0.25, -0.2) is 13.4 Å². The number of nitrogens with one attached hydrogen (secondary N) is 1. The zero-order valence-corrected chi connectivity index (χ0v) is 22.6. The molecule has 2 aliphatic heterocycles. The summed E-state index contributed by atoms with van der Waals surface area (Å²) in [5.41, 5.74) is 0.475. The van der Waals surface area contributed by atoms with Crippen molar-refractivity contribution in [2.24, 2.45) is 5.16 Å². The highest BCUT2D eigenvalue weighted by Crippen LogP contribution is 2.33. The number of anilines is 1. The number of sulfone groups is 1. The number of nitrogens with zero attached hydrogens (tertiary/aromatic N) is 4. The minimum Gasteiger partial charge on any atom is -0.389 e. The van der Waals surface area contributed by atoms with Crippen molar-refractivity contribution in [3.63, 3.8) is 0 Å². The Morgan fingerprint density at radius 2 is 2.00 bits per heavy atom. The summed E-state index contributed by atoms with van der Waals surface area (Å²) in [5.74, 6) is -0.501. The SMILES string of the molecule is O=CN1CCCN(Cc2cnc(NC(=O)C(=NO[C@@H]3CCOC3)c3ccc(S(=O)(=O)C4CC4)cc3)s2)CC1. The van der Waals surface area contributed by atoms with Crippen molar-refractivity contribution in [3.8, 4) is 0 Å². The maximum Gasteiger partial charge on any atom is 0.280 e. The van der Waals surface area contributed by atoms with Crippen molar-refractivity contribution in [2.75, 3.05) is 44.7 Å². The lowest BCUT2D eigenvalue weighted by Crippen LogP contribution is -2.29. The summed E-state index contributed by atoms with van der Waals surface area (Å²) in [6.07, 6.45) is 5.34. The summed E-state index contributed by atoms with van der Waals surface area (Å²) in [6.45, 7) is 4.77. The van der Waals surface area contributed by atoms with E-state index in [0.717, 1.165) is 37.3 Å². The van der Waals surface area contributed by atoms with E-state index in [9.17, 15) is 18.0 Å². The summed E-state index contributed by atoms with van der Waals surface area (Å²) in [4.78, 5) is 39.6. The van der Waals surface area contributed by atoms with E-state index >= 15 is 0 Å². The number of amides is 2. The summed E-state index contributed by atoms with van der Waals surface area (Å²) in [7, 11) is -3.34. The van der Waals surface area contributed by atoms with Gasteiger partial charge in [-0.1, -0.05) is 17.3 Å². The van der Waals surface area contributed by atoms with Crippen molar-refractivity contribution in [1.29, 1.82) is 0 Å². The van der Waals surface area contributed by atoms with E-state index < -0.39 is 15.7 Å². The van der Waals surface area contributed by atoms with Crippen molar-refractivity contribution < 1.29 is 27.6 Å². The van der Waals surface area contributed by atoms with Crippen molar-refractivity contribution in [3.05, 3.63) is 40.9 Å². The second-order valence-electron chi connectivity index (χ2n) is 9.66. The van der Waals surface area contributed by atoms with Crippen LogP contribution in [0, 0.1) is 0 Å². The molecule has 38 heavy (non-hydrogen) atoms. The third-order valence-electron chi connectivity index (χ3n) is 6.74. The van der Waals surface area contributed by atoms with Crippen LogP contribution < -0.4 is 5.32 Å². The lowest BCUT2D eigenvalue weighted by atomic mass is 10.1. The molecule has 2 saturated heterocycles. The smallest absolute Gasteiger partial charge is 0.280 e. The van der Waals surface area contributed by atoms with Gasteiger partial charge in [-0.15, -0.1) is 11.3 Å². The van der Waals surface area contributed by atoms with Crippen LogP contribution in [0.25, 0.3) is 0 Å². The molecule has 0 bridgehead atoms. The molecule has 1 saturated carbocycles. The fourth-order valence-corrected chi connectivity index (χ4v) is 6.90. The van der Waals surface area contributed by atoms with Crippen LogP contribution in [0.2, 0.25) is 0 Å². The second-order valence-corrected chi connectivity index (χ2v) is 13.0. The molecule has 3 heterocycles. The largest absolute Gasteiger partial charge is 0.389 e. The highest BCUT2D eigenvalue weighted by Gasteiger charge is 2.36. The van der Waals surface area contributed by atoms with E-state index in [-0.39, 0.29) is 22.0 Å².